The molecule has 0 aromatic rings. The van der Waals surface area contributed by atoms with E-state index in [-0.39, 0.29) is 31.1 Å². The lowest BCUT2D eigenvalue weighted by Gasteiger charge is -2.18. The Labute approximate surface area is 485 Å². The number of unbranched alkanes of at least 4 members (excludes halogenated alkanes) is 42. The molecule has 0 amide bonds. The molecule has 0 fully saturated rings. The fourth-order valence-corrected chi connectivity index (χ4v) is 10.1. The lowest BCUT2D eigenvalue weighted by Crippen LogP contribution is -2.30. The van der Waals surface area contributed by atoms with Gasteiger partial charge in [-0.15, -0.1) is 0 Å². The van der Waals surface area contributed by atoms with Crippen LogP contribution in [0.15, 0.2) is 60.8 Å². The molecule has 1 atom stereocenters. The summed E-state index contributed by atoms with van der Waals surface area (Å²) in [4.78, 5) is 38.3. The third-order valence-electron chi connectivity index (χ3n) is 15.3. The van der Waals surface area contributed by atoms with Crippen LogP contribution in [0.3, 0.4) is 0 Å². The summed E-state index contributed by atoms with van der Waals surface area (Å²) < 4.78 is 16.9. The number of ether oxygens (including phenoxy) is 3. The van der Waals surface area contributed by atoms with Crippen molar-refractivity contribution in [3.63, 3.8) is 0 Å². The van der Waals surface area contributed by atoms with Crippen LogP contribution in [0.4, 0.5) is 0 Å². The number of esters is 3. The molecule has 0 aliphatic heterocycles. The van der Waals surface area contributed by atoms with Gasteiger partial charge in [0.15, 0.2) is 6.10 Å². The average Bonchev–Trinajstić information content (AvgIpc) is 3.44. The molecule has 0 aliphatic carbocycles. The monoisotopic (exact) mass is 1090 g/mol. The zero-order chi connectivity index (χ0) is 56.4. The number of carbonyl (C=O) groups excluding carboxylic acids is 3. The Kier molecular flexibility index (Phi) is 64.2. The van der Waals surface area contributed by atoms with Gasteiger partial charge in [-0.25, -0.2) is 0 Å². The molecular formula is C72H130O6. The summed E-state index contributed by atoms with van der Waals surface area (Å²) in [6.45, 7) is 6.54. The first-order chi connectivity index (χ1) is 38.5. The Hall–Kier alpha value is -2.89. The van der Waals surface area contributed by atoms with E-state index in [0.29, 0.717) is 19.3 Å². The molecule has 0 saturated heterocycles. The van der Waals surface area contributed by atoms with E-state index >= 15 is 0 Å². The Morgan fingerprint density at radius 2 is 0.500 bits per heavy atom. The summed E-state index contributed by atoms with van der Waals surface area (Å²) in [6, 6.07) is 0. The zero-order valence-electron chi connectivity index (χ0n) is 52.2. The van der Waals surface area contributed by atoms with Crippen molar-refractivity contribution in [2.75, 3.05) is 13.2 Å². The van der Waals surface area contributed by atoms with E-state index in [4.69, 9.17) is 14.2 Å². The number of carbonyl (C=O) groups is 3. The molecule has 0 radical (unpaired) electrons. The van der Waals surface area contributed by atoms with Crippen LogP contribution in [-0.4, -0.2) is 37.2 Å². The quantitative estimate of drug-likeness (QED) is 0.0261. The number of rotatable bonds is 63. The van der Waals surface area contributed by atoms with Crippen molar-refractivity contribution >= 4 is 17.9 Å². The van der Waals surface area contributed by atoms with Crippen molar-refractivity contribution < 1.29 is 28.6 Å². The molecule has 0 aliphatic rings. The van der Waals surface area contributed by atoms with Gasteiger partial charge in [-0.1, -0.05) is 319 Å². The second-order valence-electron chi connectivity index (χ2n) is 23.1. The van der Waals surface area contributed by atoms with Gasteiger partial charge in [-0.2, -0.15) is 0 Å². The predicted octanol–water partition coefficient (Wildman–Crippen LogP) is 23.5. The highest BCUT2D eigenvalue weighted by Gasteiger charge is 2.19. The third kappa shape index (κ3) is 63.9. The van der Waals surface area contributed by atoms with E-state index in [9.17, 15) is 14.4 Å². The topological polar surface area (TPSA) is 78.9 Å². The number of allylic oxidation sites excluding steroid dienone is 10. The Morgan fingerprint density at radius 1 is 0.269 bits per heavy atom. The summed E-state index contributed by atoms with van der Waals surface area (Å²) in [5.74, 6) is -0.895. The molecule has 454 valence electrons. The lowest BCUT2D eigenvalue weighted by atomic mass is 10.0. The van der Waals surface area contributed by atoms with E-state index in [1.54, 1.807) is 0 Å². The standard InChI is InChI=1S/C72H130O6/c1-4-7-10-13-16-19-22-25-28-30-31-32-33-34-35-36-37-38-39-40-41-42-45-47-50-53-56-59-62-65-71(74)77-68-69(67-76-70(73)64-61-58-55-52-49-46-43-27-24-21-18-15-12-9-6-3)78-72(75)66-63-60-57-54-51-48-44-29-26-23-20-17-14-11-8-5-2/h9,12,18,20-21,23,27,29,43-44,69H,4-8,10-11,13-17,19,22,24-26,28,30-42,45-68H2,1-3H3/b12-9-,21-18-,23-20-,43-27-,44-29-. The van der Waals surface area contributed by atoms with Crippen LogP contribution >= 0.6 is 0 Å². The van der Waals surface area contributed by atoms with E-state index in [1.165, 1.54) is 199 Å². The van der Waals surface area contributed by atoms with Crippen molar-refractivity contribution in [2.45, 2.75) is 367 Å². The van der Waals surface area contributed by atoms with Gasteiger partial charge in [0.2, 0.25) is 0 Å². The van der Waals surface area contributed by atoms with Crippen molar-refractivity contribution in [3.8, 4) is 0 Å². The molecule has 78 heavy (non-hydrogen) atoms. The van der Waals surface area contributed by atoms with Gasteiger partial charge >= 0.3 is 17.9 Å². The predicted molar refractivity (Wildman–Crippen MR) is 339 cm³/mol. The van der Waals surface area contributed by atoms with Crippen LogP contribution in [0.2, 0.25) is 0 Å². The van der Waals surface area contributed by atoms with Crippen molar-refractivity contribution in [2.24, 2.45) is 0 Å². The van der Waals surface area contributed by atoms with Gasteiger partial charge in [-0.05, 0) is 83.5 Å². The highest BCUT2D eigenvalue weighted by molar-refractivity contribution is 5.71. The van der Waals surface area contributed by atoms with E-state index in [2.05, 4.69) is 81.5 Å². The van der Waals surface area contributed by atoms with Crippen molar-refractivity contribution in [1.82, 2.24) is 0 Å². The van der Waals surface area contributed by atoms with E-state index in [0.717, 1.165) is 122 Å². The van der Waals surface area contributed by atoms with Gasteiger partial charge in [0.1, 0.15) is 13.2 Å². The minimum absolute atomic E-state index is 0.0826. The van der Waals surface area contributed by atoms with Gasteiger partial charge in [0.25, 0.3) is 0 Å². The number of hydrogen-bond donors (Lipinski definition) is 0. The Morgan fingerprint density at radius 3 is 0.795 bits per heavy atom. The summed E-state index contributed by atoms with van der Waals surface area (Å²) in [6.07, 6.45) is 85.4. The third-order valence-corrected chi connectivity index (χ3v) is 15.3. The van der Waals surface area contributed by atoms with Crippen LogP contribution in [0.25, 0.3) is 0 Å². The molecule has 0 aromatic heterocycles. The van der Waals surface area contributed by atoms with Gasteiger partial charge in [0, 0.05) is 19.3 Å². The van der Waals surface area contributed by atoms with Crippen LogP contribution in [0, 0.1) is 0 Å². The molecule has 6 nitrogen and oxygen atoms in total. The van der Waals surface area contributed by atoms with Crippen LogP contribution < -0.4 is 0 Å². The summed E-state index contributed by atoms with van der Waals surface area (Å²) >= 11 is 0. The SMILES string of the molecule is CC/C=C\C/C=C\C/C=C\CCCCCCCC(=O)OCC(COC(=O)CCCCCCCCCCCCCCCCCCCCCCCCCCCCCCC)OC(=O)CCCCCCC/C=C\C/C=C\CCCCCC. The van der Waals surface area contributed by atoms with Gasteiger partial charge in [-0.3, -0.25) is 14.4 Å². The molecular weight excluding hydrogens is 961 g/mol. The molecule has 0 spiro atoms. The molecule has 0 rings (SSSR count). The fourth-order valence-electron chi connectivity index (χ4n) is 10.1. The fraction of sp³-hybridized carbons (Fsp3) is 0.819. The zero-order valence-corrected chi connectivity index (χ0v) is 52.2. The molecule has 0 heterocycles. The first-order valence-corrected chi connectivity index (χ1v) is 34.3. The summed E-state index contributed by atoms with van der Waals surface area (Å²) in [5.41, 5.74) is 0. The van der Waals surface area contributed by atoms with Gasteiger partial charge in [0.05, 0.1) is 0 Å². The average molecular weight is 1090 g/mol. The lowest BCUT2D eigenvalue weighted by molar-refractivity contribution is -0.167. The van der Waals surface area contributed by atoms with Gasteiger partial charge < -0.3 is 14.2 Å². The van der Waals surface area contributed by atoms with E-state index < -0.39 is 6.10 Å². The maximum atomic E-state index is 12.9. The first-order valence-electron chi connectivity index (χ1n) is 34.3. The Balaban J connectivity index is 4.21. The number of hydrogen-bond acceptors (Lipinski definition) is 6. The molecule has 0 saturated carbocycles. The van der Waals surface area contributed by atoms with Crippen LogP contribution in [0.5, 0.6) is 0 Å². The van der Waals surface area contributed by atoms with Crippen LogP contribution in [-0.2, 0) is 28.6 Å². The minimum Gasteiger partial charge on any atom is -0.462 e. The maximum absolute atomic E-state index is 12.9. The highest BCUT2D eigenvalue weighted by Crippen LogP contribution is 2.18. The minimum atomic E-state index is -0.789. The van der Waals surface area contributed by atoms with Crippen molar-refractivity contribution in [3.05, 3.63) is 60.8 Å². The van der Waals surface area contributed by atoms with Crippen molar-refractivity contribution in [1.29, 1.82) is 0 Å². The molecule has 6 heteroatoms. The summed E-state index contributed by atoms with van der Waals surface area (Å²) in [5, 5.41) is 0. The first kappa shape index (κ1) is 75.1. The normalized spacial score (nSPS) is 12.4. The molecule has 0 N–H and O–H groups in total. The molecule has 1 unspecified atom stereocenters. The second kappa shape index (κ2) is 66.6. The Bertz CT molecular complexity index is 1390. The summed E-state index contributed by atoms with van der Waals surface area (Å²) in [7, 11) is 0. The maximum Gasteiger partial charge on any atom is 0.306 e. The largest absolute Gasteiger partial charge is 0.462 e. The van der Waals surface area contributed by atoms with E-state index in [1.807, 2.05) is 0 Å². The smallest absolute Gasteiger partial charge is 0.306 e. The molecule has 0 bridgehead atoms. The second-order valence-corrected chi connectivity index (χ2v) is 23.1. The molecule has 0 aromatic carbocycles. The van der Waals surface area contributed by atoms with Crippen LogP contribution in [0.1, 0.15) is 361 Å². The highest BCUT2D eigenvalue weighted by atomic mass is 16.6.